The maximum Gasteiger partial charge on any atom is 0.273 e. The van der Waals surface area contributed by atoms with Gasteiger partial charge in [0.1, 0.15) is 5.75 Å². The molecule has 0 aliphatic rings. The third-order valence-corrected chi connectivity index (χ3v) is 2.22. The summed E-state index contributed by atoms with van der Waals surface area (Å²) in [6, 6.07) is 4.16. The number of non-ortho nitro benzene ring substituents is 1. The van der Waals surface area contributed by atoms with E-state index >= 15 is 0 Å². The first-order valence-electron chi connectivity index (χ1n) is 5.04. The smallest absolute Gasteiger partial charge is 0.273 e. The number of nitro benzene ring substituents is 1. The van der Waals surface area contributed by atoms with Crippen molar-refractivity contribution in [2.24, 2.45) is 0 Å². The zero-order valence-electron chi connectivity index (χ0n) is 10.0. The number of benzene rings is 1. The van der Waals surface area contributed by atoms with Gasteiger partial charge in [0.25, 0.3) is 5.69 Å². The van der Waals surface area contributed by atoms with Crippen LogP contribution in [0.15, 0.2) is 18.2 Å². The molecule has 1 aromatic rings. The average molecular weight is 278 g/mol. The van der Waals surface area contributed by atoms with E-state index in [0.29, 0.717) is 18.0 Å². The maximum absolute atomic E-state index is 10.6. The molecule has 1 aromatic carbocycles. The second kappa shape index (κ2) is 7.70. The number of nitrogens with zero attached hydrogens (tertiary/aromatic N) is 1. The molecule has 0 heterocycles. The zero-order valence-corrected chi connectivity index (χ0v) is 10.9. The molecule has 18 heavy (non-hydrogen) atoms. The van der Waals surface area contributed by atoms with Gasteiger partial charge in [-0.1, -0.05) is 0 Å². The lowest BCUT2D eigenvalue weighted by molar-refractivity contribution is -0.384. The van der Waals surface area contributed by atoms with Gasteiger partial charge < -0.3 is 15.3 Å². The van der Waals surface area contributed by atoms with Crippen LogP contribution in [0, 0.1) is 10.1 Å². The molecule has 1 unspecified atom stereocenters. The molecule has 1 atom stereocenters. The van der Waals surface area contributed by atoms with E-state index in [2.05, 4.69) is 10.8 Å². The van der Waals surface area contributed by atoms with E-state index in [0.717, 1.165) is 0 Å². The maximum atomic E-state index is 10.6. The number of ether oxygens (including phenoxy) is 1. The van der Waals surface area contributed by atoms with E-state index in [9.17, 15) is 10.1 Å². The van der Waals surface area contributed by atoms with Crippen molar-refractivity contribution in [3.63, 3.8) is 0 Å². The summed E-state index contributed by atoms with van der Waals surface area (Å²) in [5.74, 6) is 0.393. The van der Waals surface area contributed by atoms with Gasteiger partial charge in [-0.3, -0.25) is 10.1 Å². The number of nitro groups is 1. The van der Waals surface area contributed by atoms with Gasteiger partial charge in [-0.2, -0.15) is 0 Å². The van der Waals surface area contributed by atoms with Crippen LogP contribution in [0.25, 0.3) is 0 Å². The minimum Gasteiger partial charge on any atom is -0.494 e. The van der Waals surface area contributed by atoms with Gasteiger partial charge in [0.05, 0.1) is 23.8 Å². The van der Waals surface area contributed by atoms with Gasteiger partial charge >= 0.3 is 0 Å². The fourth-order valence-corrected chi connectivity index (χ4v) is 1.25. The van der Waals surface area contributed by atoms with Crippen LogP contribution < -0.4 is 15.5 Å². The molecule has 3 N–H and O–H groups in total. The number of hydroxylamine groups is 1. The molecule has 0 bridgehead atoms. The first-order chi connectivity index (χ1) is 8.08. The van der Waals surface area contributed by atoms with Crippen molar-refractivity contribution < 1.29 is 14.9 Å². The molecule has 0 aliphatic carbocycles. The number of rotatable bonds is 6. The highest BCUT2D eigenvalue weighted by atomic mass is 35.5. The van der Waals surface area contributed by atoms with Crippen LogP contribution in [0.3, 0.4) is 0 Å². The molecule has 0 aromatic heterocycles. The normalized spacial score (nSPS) is 11.3. The van der Waals surface area contributed by atoms with Crippen molar-refractivity contribution in [1.82, 2.24) is 5.48 Å². The monoisotopic (exact) mass is 277 g/mol. The van der Waals surface area contributed by atoms with Crippen LogP contribution in [0.4, 0.5) is 11.4 Å². The molecular weight excluding hydrogens is 262 g/mol. The van der Waals surface area contributed by atoms with Crippen LogP contribution in [0.5, 0.6) is 5.75 Å². The topological polar surface area (TPSA) is 96.7 Å². The Hall–Kier alpha value is -1.57. The Balaban J connectivity index is 0.00000289. The Morgan fingerprint density at radius 2 is 2.22 bits per heavy atom. The zero-order chi connectivity index (χ0) is 12.8. The predicted octanol–water partition coefficient (Wildman–Crippen LogP) is 1.80. The average Bonchev–Trinajstić information content (AvgIpc) is 2.35. The highest BCUT2D eigenvalue weighted by Gasteiger charge is 2.11. The van der Waals surface area contributed by atoms with Crippen molar-refractivity contribution in [2.75, 3.05) is 19.0 Å². The molecule has 8 heteroatoms. The largest absolute Gasteiger partial charge is 0.494 e. The van der Waals surface area contributed by atoms with Crippen molar-refractivity contribution in [1.29, 1.82) is 0 Å². The highest BCUT2D eigenvalue weighted by molar-refractivity contribution is 5.85. The lowest BCUT2D eigenvalue weighted by atomic mass is 10.2. The minimum absolute atomic E-state index is 0. The summed E-state index contributed by atoms with van der Waals surface area (Å²) in [4.78, 5) is 10.1. The van der Waals surface area contributed by atoms with Crippen LogP contribution in [-0.2, 0) is 0 Å². The summed E-state index contributed by atoms with van der Waals surface area (Å²) in [5.41, 5.74) is 2.70. The van der Waals surface area contributed by atoms with Crippen LogP contribution in [0.1, 0.15) is 6.92 Å². The summed E-state index contributed by atoms with van der Waals surface area (Å²) in [7, 11) is 1.44. The number of hydrogen-bond acceptors (Lipinski definition) is 6. The Morgan fingerprint density at radius 1 is 1.56 bits per heavy atom. The lowest BCUT2D eigenvalue weighted by Gasteiger charge is -2.14. The van der Waals surface area contributed by atoms with Crippen LogP contribution in [0.2, 0.25) is 0 Å². The standard InChI is InChI=1S/C10H15N3O4.ClH/c1-7(12-14)6-11-9-4-3-8(13(15)16)5-10(9)17-2;/h3-5,7,11-12,14H,6H2,1-2H3;1H. The fourth-order valence-electron chi connectivity index (χ4n) is 1.25. The first kappa shape index (κ1) is 16.4. The van der Waals surface area contributed by atoms with Crippen LogP contribution >= 0.6 is 12.4 Å². The summed E-state index contributed by atoms with van der Waals surface area (Å²) in [6.45, 7) is 2.25. The van der Waals surface area contributed by atoms with Crippen molar-refractivity contribution >= 4 is 23.8 Å². The molecule has 1 rings (SSSR count). The molecule has 0 fully saturated rings. The minimum atomic E-state index is -0.482. The number of methoxy groups -OCH3 is 1. The predicted molar refractivity (Wildman–Crippen MR) is 69.8 cm³/mol. The van der Waals surface area contributed by atoms with E-state index in [1.54, 1.807) is 13.0 Å². The Labute approximate surface area is 111 Å². The molecule has 102 valence electrons. The summed E-state index contributed by atoms with van der Waals surface area (Å²) < 4.78 is 5.05. The fraction of sp³-hybridized carbons (Fsp3) is 0.400. The number of nitrogens with one attached hydrogen (secondary N) is 2. The number of hydrogen-bond donors (Lipinski definition) is 3. The van der Waals surface area contributed by atoms with E-state index in [1.165, 1.54) is 19.2 Å². The molecule has 0 spiro atoms. The third-order valence-electron chi connectivity index (χ3n) is 2.22. The van der Waals surface area contributed by atoms with Crippen LogP contribution in [-0.4, -0.2) is 29.8 Å². The summed E-state index contributed by atoms with van der Waals surface area (Å²) in [6.07, 6.45) is 0. The quantitative estimate of drug-likeness (QED) is 0.542. The summed E-state index contributed by atoms with van der Waals surface area (Å²) in [5, 5.41) is 22.2. The highest BCUT2D eigenvalue weighted by Crippen LogP contribution is 2.28. The van der Waals surface area contributed by atoms with Gasteiger partial charge in [-0.25, -0.2) is 5.48 Å². The molecule has 7 nitrogen and oxygen atoms in total. The molecule has 0 radical (unpaired) electrons. The lowest BCUT2D eigenvalue weighted by Crippen LogP contribution is -2.29. The second-order valence-electron chi connectivity index (χ2n) is 3.55. The Morgan fingerprint density at radius 3 is 2.72 bits per heavy atom. The van der Waals surface area contributed by atoms with Crippen molar-refractivity contribution in [2.45, 2.75) is 13.0 Å². The first-order valence-corrected chi connectivity index (χ1v) is 5.04. The van der Waals surface area contributed by atoms with Crippen molar-refractivity contribution in [3.05, 3.63) is 28.3 Å². The molecule has 0 aliphatic heterocycles. The molecular formula is C10H16ClN3O4. The molecule has 0 saturated heterocycles. The van der Waals surface area contributed by atoms with Gasteiger partial charge in [0, 0.05) is 18.7 Å². The Bertz CT molecular complexity index is 403. The molecule has 0 amide bonds. The molecule has 0 saturated carbocycles. The third kappa shape index (κ3) is 4.36. The van der Waals surface area contributed by atoms with Gasteiger partial charge in [-0.05, 0) is 13.0 Å². The van der Waals surface area contributed by atoms with E-state index in [4.69, 9.17) is 9.94 Å². The van der Waals surface area contributed by atoms with Gasteiger partial charge in [0.15, 0.2) is 0 Å². The second-order valence-corrected chi connectivity index (χ2v) is 3.55. The van der Waals surface area contributed by atoms with Gasteiger partial charge in [0.2, 0.25) is 0 Å². The van der Waals surface area contributed by atoms with Gasteiger partial charge in [-0.15, -0.1) is 12.4 Å². The van der Waals surface area contributed by atoms with Crippen molar-refractivity contribution in [3.8, 4) is 5.75 Å². The summed E-state index contributed by atoms with van der Waals surface area (Å²) >= 11 is 0. The van der Waals surface area contributed by atoms with E-state index < -0.39 is 4.92 Å². The number of halogens is 1. The number of anilines is 1. The SMILES string of the molecule is COc1cc([N+](=O)[O-])ccc1NCC(C)NO.Cl. The van der Waals surface area contributed by atoms with E-state index in [-0.39, 0.29) is 24.1 Å². The Kier molecular flexibility index (Phi) is 7.03. The van der Waals surface area contributed by atoms with E-state index in [1.807, 2.05) is 0 Å².